The first-order valence-electron chi connectivity index (χ1n) is 4.95. The smallest absolute Gasteiger partial charge is 0.357 e. The number of esters is 1. The van der Waals surface area contributed by atoms with Crippen molar-refractivity contribution in [3.8, 4) is 5.82 Å². The Bertz CT molecular complexity index is 479. The molecule has 0 aliphatic rings. The third kappa shape index (κ3) is 1.93. The quantitative estimate of drug-likeness (QED) is 0.730. The molecule has 0 radical (unpaired) electrons. The van der Waals surface area contributed by atoms with Crippen molar-refractivity contribution in [3.05, 3.63) is 42.4 Å². The van der Waals surface area contributed by atoms with Crippen molar-refractivity contribution in [2.45, 2.75) is 6.92 Å². The van der Waals surface area contributed by atoms with Crippen molar-refractivity contribution in [1.82, 2.24) is 14.8 Å². The van der Waals surface area contributed by atoms with Crippen LogP contribution in [0.4, 0.5) is 0 Å². The molecule has 0 amide bonds. The number of hydrogen-bond acceptors (Lipinski definition) is 4. The topological polar surface area (TPSA) is 57.0 Å². The maximum atomic E-state index is 11.6. The van der Waals surface area contributed by atoms with E-state index in [-0.39, 0.29) is 0 Å². The molecule has 2 rings (SSSR count). The second kappa shape index (κ2) is 4.57. The number of hydrogen-bond donors (Lipinski definition) is 0. The van der Waals surface area contributed by atoms with Gasteiger partial charge in [-0.3, -0.25) is 0 Å². The predicted molar refractivity (Wildman–Crippen MR) is 57.3 cm³/mol. The van der Waals surface area contributed by atoms with Crippen LogP contribution in [0, 0.1) is 0 Å². The van der Waals surface area contributed by atoms with Crippen LogP contribution in [0.3, 0.4) is 0 Å². The lowest BCUT2D eigenvalue weighted by Gasteiger charge is -2.05. The SMILES string of the molecule is CCOC(=O)c1ccnn1-c1ccccn1. The summed E-state index contributed by atoms with van der Waals surface area (Å²) in [6.45, 7) is 2.10. The molecule has 0 aromatic carbocycles. The summed E-state index contributed by atoms with van der Waals surface area (Å²) in [4.78, 5) is 15.7. The Balaban J connectivity index is 2.37. The van der Waals surface area contributed by atoms with Gasteiger partial charge in [0.2, 0.25) is 0 Å². The molecule has 5 heteroatoms. The lowest BCUT2D eigenvalue weighted by molar-refractivity contribution is 0.0515. The van der Waals surface area contributed by atoms with Crippen LogP contribution in [0.1, 0.15) is 17.4 Å². The van der Waals surface area contributed by atoms with Crippen LogP contribution >= 0.6 is 0 Å². The Morgan fingerprint density at radius 3 is 2.94 bits per heavy atom. The van der Waals surface area contributed by atoms with Gasteiger partial charge in [0.1, 0.15) is 0 Å². The third-order valence-corrected chi connectivity index (χ3v) is 1.99. The van der Waals surface area contributed by atoms with Crippen LogP contribution in [0.15, 0.2) is 36.7 Å². The van der Waals surface area contributed by atoms with Gasteiger partial charge in [-0.05, 0) is 25.1 Å². The molecule has 0 saturated heterocycles. The fourth-order valence-corrected chi connectivity index (χ4v) is 1.32. The molecule has 0 N–H and O–H groups in total. The highest BCUT2D eigenvalue weighted by molar-refractivity contribution is 5.88. The Kier molecular flexibility index (Phi) is 2.95. The van der Waals surface area contributed by atoms with Crippen LogP contribution in [0.5, 0.6) is 0 Å². The molecule has 0 atom stereocenters. The zero-order valence-electron chi connectivity index (χ0n) is 8.83. The van der Waals surface area contributed by atoms with Crippen molar-refractivity contribution >= 4 is 5.97 Å². The highest BCUT2D eigenvalue weighted by Crippen LogP contribution is 2.08. The van der Waals surface area contributed by atoms with E-state index in [1.54, 1.807) is 37.5 Å². The summed E-state index contributed by atoms with van der Waals surface area (Å²) in [5.74, 6) is 0.196. The Morgan fingerprint density at radius 2 is 2.25 bits per heavy atom. The summed E-state index contributed by atoms with van der Waals surface area (Å²) in [7, 11) is 0. The van der Waals surface area contributed by atoms with Crippen LogP contribution in [0.25, 0.3) is 5.82 Å². The van der Waals surface area contributed by atoms with E-state index in [1.807, 2.05) is 6.07 Å². The highest BCUT2D eigenvalue weighted by Gasteiger charge is 2.14. The van der Waals surface area contributed by atoms with E-state index in [0.29, 0.717) is 18.1 Å². The van der Waals surface area contributed by atoms with Gasteiger partial charge in [-0.1, -0.05) is 6.07 Å². The van der Waals surface area contributed by atoms with Crippen LogP contribution in [-0.2, 0) is 4.74 Å². The zero-order chi connectivity index (χ0) is 11.4. The molecule has 0 fully saturated rings. The molecule has 2 aromatic rings. The van der Waals surface area contributed by atoms with Gasteiger partial charge in [0, 0.05) is 6.20 Å². The fraction of sp³-hybridized carbons (Fsp3) is 0.182. The second-order valence-electron chi connectivity index (χ2n) is 3.04. The van der Waals surface area contributed by atoms with Gasteiger partial charge in [0.15, 0.2) is 11.5 Å². The number of carbonyl (C=O) groups excluding carboxylic acids is 1. The molecule has 0 aliphatic heterocycles. The van der Waals surface area contributed by atoms with E-state index in [2.05, 4.69) is 10.1 Å². The minimum atomic E-state index is -0.398. The molecule has 82 valence electrons. The number of ether oxygens (including phenoxy) is 1. The van der Waals surface area contributed by atoms with E-state index in [0.717, 1.165) is 0 Å². The maximum Gasteiger partial charge on any atom is 0.357 e. The normalized spacial score (nSPS) is 10.1. The first kappa shape index (κ1) is 10.4. The van der Waals surface area contributed by atoms with Gasteiger partial charge in [-0.2, -0.15) is 5.10 Å². The van der Waals surface area contributed by atoms with Gasteiger partial charge >= 0.3 is 5.97 Å². The van der Waals surface area contributed by atoms with Gasteiger partial charge in [-0.25, -0.2) is 14.5 Å². The lowest BCUT2D eigenvalue weighted by atomic mass is 10.4. The van der Waals surface area contributed by atoms with E-state index < -0.39 is 5.97 Å². The molecule has 0 spiro atoms. The Labute approximate surface area is 92.7 Å². The second-order valence-corrected chi connectivity index (χ2v) is 3.04. The zero-order valence-corrected chi connectivity index (χ0v) is 8.83. The fourth-order valence-electron chi connectivity index (χ4n) is 1.32. The van der Waals surface area contributed by atoms with E-state index in [9.17, 15) is 4.79 Å². The number of nitrogens with zero attached hydrogens (tertiary/aromatic N) is 3. The number of aromatic nitrogens is 3. The largest absolute Gasteiger partial charge is 0.461 e. The third-order valence-electron chi connectivity index (χ3n) is 1.99. The van der Waals surface area contributed by atoms with Gasteiger partial charge in [0.05, 0.1) is 12.8 Å². The molecular formula is C11H11N3O2. The van der Waals surface area contributed by atoms with Crippen molar-refractivity contribution in [3.63, 3.8) is 0 Å². The van der Waals surface area contributed by atoms with E-state index in [4.69, 9.17) is 4.74 Å². The van der Waals surface area contributed by atoms with Gasteiger partial charge < -0.3 is 4.74 Å². The van der Waals surface area contributed by atoms with E-state index in [1.165, 1.54) is 4.68 Å². The molecule has 0 bridgehead atoms. The van der Waals surface area contributed by atoms with Crippen molar-refractivity contribution in [2.75, 3.05) is 6.61 Å². The van der Waals surface area contributed by atoms with Crippen LogP contribution < -0.4 is 0 Å². The minimum Gasteiger partial charge on any atom is -0.461 e. The van der Waals surface area contributed by atoms with Gasteiger partial charge in [0.25, 0.3) is 0 Å². The molecule has 2 heterocycles. The average molecular weight is 217 g/mol. The summed E-state index contributed by atoms with van der Waals surface area (Å²) in [5.41, 5.74) is 0.376. The first-order chi connectivity index (χ1) is 7.83. The summed E-state index contributed by atoms with van der Waals surface area (Å²) < 4.78 is 6.38. The number of pyridine rings is 1. The van der Waals surface area contributed by atoms with E-state index >= 15 is 0 Å². The highest BCUT2D eigenvalue weighted by atomic mass is 16.5. The monoisotopic (exact) mass is 217 g/mol. The standard InChI is InChI=1S/C11H11N3O2/c1-2-16-11(15)9-6-8-13-14(9)10-5-3-4-7-12-10/h3-8H,2H2,1H3. The first-order valence-corrected chi connectivity index (χ1v) is 4.95. The predicted octanol–water partition coefficient (Wildman–Crippen LogP) is 1.44. The lowest BCUT2D eigenvalue weighted by Crippen LogP contribution is -2.12. The molecular weight excluding hydrogens is 206 g/mol. The van der Waals surface area contributed by atoms with Crippen LogP contribution in [-0.4, -0.2) is 27.3 Å². The van der Waals surface area contributed by atoms with Gasteiger partial charge in [-0.15, -0.1) is 0 Å². The minimum absolute atomic E-state index is 0.340. The van der Waals surface area contributed by atoms with Crippen molar-refractivity contribution in [1.29, 1.82) is 0 Å². The maximum absolute atomic E-state index is 11.6. The van der Waals surface area contributed by atoms with Crippen LogP contribution in [0.2, 0.25) is 0 Å². The Morgan fingerprint density at radius 1 is 1.38 bits per heavy atom. The summed E-state index contributed by atoms with van der Waals surface area (Å²) in [5, 5.41) is 4.04. The number of rotatable bonds is 3. The molecule has 0 saturated carbocycles. The molecule has 5 nitrogen and oxygen atoms in total. The Hall–Kier alpha value is -2.17. The van der Waals surface area contributed by atoms with Crippen molar-refractivity contribution < 1.29 is 9.53 Å². The average Bonchev–Trinajstić information content (AvgIpc) is 2.79. The molecule has 0 unspecified atom stereocenters. The van der Waals surface area contributed by atoms with Crippen molar-refractivity contribution in [2.24, 2.45) is 0 Å². The molecule has 16 heavy (non-hydrogen) atoms. The summed E-state index contributed by atoms with van der Waals surface area (Å²) in [6.07, 6.45) is 3.19. The molecule has 2 aromatic heterocycles. The summed E-state index contributed by atoms with van der Waals surface area (Å²) in [6, 6.07) is 7.01. The molecule has 0 aliphatic carbocycles. The number of carbonyl (C=O) groups is 1. The summed E-state index contributed by atoms with van der Waals surface area (Å²) >= 11 is 0.